The van der Waals surface area contributed by atoms with Crippen LogP contribution in [0.3, 0.4) is 0 Å². The van der Waals surface area contributed by atoms with Crippen molar-refractivity contribution >= 4 is 22.9 Å². The number of piperidine rings is 1. The summed E-state index contributed by atoms with van der Waals surface area (Å²) in [7, 11) is 0. The van der Waals surface area contributed by atoms with Crippen LogP contribution >= 0.6 is 0 Å². The SMILES string of the molecule is Nc1nccc2c1[nH]c(=O)n2C1CCCN(C(=O)O)C1. The lowest BCUT2D eigenvalue weighted by Crippen LogP contribution is -2.41. The number of carbonyl (C=O) groups is 1. The van der Waals surface area contributed by atoms with Gasteiger partial charge in [0.2, 0.25) is 0 Å². The molecule has 8 nitrogen and oxygen atoms in total. The van der Waals surface area contributed by atoms with Gasteiger partial charge in [0.05, 0.1) is 11.6 Å². The number of H-pyrrole nitrogens is 1. The summed E-state index contributed by atoms with van der Waals surface area (Å²) >= 11 is 0. The van der Waals surface area contributed by atoms with Crippen LogP contribution in [0.5, 0.6) is 0 Å². The van der Waals surface area contributed by atoms with Gasteiger partial charge in [0.15, 0.2) is 0 Å². The normalized spacial score (nSPS) is 19.4. The van der Waals surface area contributed by atoms with Crippen molar-refractivity contribution in [2.45, 2.75) is 18.9 Å². The summed E-state index contributed by atoms with van der Waals surface area (Å²) < 4.78 is 1.59. The Kier molecular flexibility index (Phi) is 2.85. The summed E-state index contributed by atoms with van der Waals surface area (Å²) in [6.07, 6.45) is 2.08. The monoisotopic (exact) mass is 277 g/mol. The highest BCUT2D eigenvalue weighted by Crippen LogP contribution is 2.25. The molecule has 1 amide bonds. The average Bonchev–Trinajstić information content (AvgIpc) is 2.77. The molecule has 2 aromatic heterocycles. The molecule has 0 aliphatic carbocycles. The molecular weight excluding hydrogens is 262 g/mol. The van der Waals surface area contributed by atoms with E-state index >= 15 is 0 Å². The number of aromatic amines is 1. The van der Waals surface area contributed by atoms with Crippen LogP contribution in [0, 0.1) is 0 Å². The van der Waals surface area contributed by atoms with E-state index in [2.05, 4.69) is 9.97 Å². The minimum atomic E-state index is -0.955. The molecule has 0 spiro atoms. The van der Waals surface area contributed by atoms with Crippen LogP contribution in [-0.4, -0.2) is 43.7 Å². The Morgan fingerprint density at radius 1 is 1.55 bits per heavy atom. The molecule has 0 radical (unpaired) electrons. The van der Waals surface area contributed by atoms with Crippen LogP contribution in [0.4, 0.5) is 10.6 Å². The van der Waals surface area contributed by atoms with E-state index in [9.17, 15) is 9.59 Å². The second kappa shape index (κ2) is 4.55. The van der Waals surface area contributed by atoms with Crippen LogP contribution in [0.1, 0.15) is 18.9 Å². The average molecular weight is 277 g/mol. The van der Waals surface area contributed by atoms with E-state index in [1.165, 1.54) is 4.90 Å². The van der Waals surface area contributed by atoms with E-state index in [-0.39, 0.29) is 17.5 Å². The summed E-state index contributed by atoms with van der Waals surface area (Å²) in [4.78, 5) is 31.2. The Morgan fingerprint density at radius 3 is 3.10 bits per heavy atom. The van der Waals surface area contributed by atoms with Crippen LogP contribution in [-0.2, 0) is 0 Å². The maximum absolute atomic E-state index is 12.1. The molecule has 0 saturated carbocycles. The Labute approximate surface area is 113 Å². The minimum absolute atomic E-state index is 0.178. The van der Waals surface area contributed by atoms with Gasteiger partial charge in [-0.05, 0) is 18.9 Å². The summed E-state index contributed by atoms with van der Waals surface area (Å²) in [5, 5.41) is 9.08. The molecule has 20 heavy (non-hydrogen) atoms. The van der Waals surface area contributed by atoms with E-state index in [0.29, 0.717) is 24.1 Å². The zero-order chi connectivity index (χ0) is 14.3. The molecule has 1 atom stereocenters. The number of nitrogens with one attached hydrogen (secondary N) is 1. The highest BCUT2D eigenvalue weighted by atomic mass is 16.4. The second-order valence-electron chi connectivity index (χ2n) is 4.92. The van der Waals surface area contributed by atoms with Crippen molar-refractivity contribution < 1.29 is 9.90 Å². The minimum Gasteiger partial charge on any atom is -0.465 e. The van der Waals surface area contributed by atoms with Crippen molar-refractivity contribution in [1.29, 1.82) is 0 Å². The van der Waals surface area contributed by atoms with Crippen molar-refractivity contribution in [2.75, 3.05) is 18.8 Å². The van der Waals surface area contributed by atoms with Gasteiger partial charge in [-0.15, -0.1) is 0 Å². The fraction of sp³-hybridized carbons (Fsp3) is 0.417. The lowest BCUT2D eigenvalue weighted by atomic mass is 10.1. The fourth-order valence-corrected chi connectivity index (χ4v) is 2.77. The number of imidazole rings is 1. The van der Waals surface area contributed by atoms with Gasteiger partial charge < -0.3 is 20.7 Å². The van der Waals surface area contributed by atoms with E-state index in [4.69, 9.17) is 10.8 Å². The molecule has 0 aromatic carbocycles. The number of anilines is 1. The topological polar surface area (TPSA) is 117 Å². The first-order valence-corrected chi connectivity index (χ1v) is 6.40. The number of carboxylic acid groups (broad SMARTS) is 1. The third-order valence-electron chi connectivity index (χ3n) is 3.70. The summed E-state index contributed by atoms with van der Waals surface area (Å²) in [5.41, 5.74) is 6.63. The van der Waals surface area contributed by atoms with Crippen LogP contribution in [0.2, 0.25) is 0 Å². The van der Waals surface area contributed by atoms with Gasteiger partial charge in [-0.1, -0.05) is 0 Å². The predicted octanol–water partition coefficient (Wildman–Crippen LogP) is 0.622. The highest BCUT2D eigenvalue weighted by molar-refractivity contribution is 5.84. The van der Waals surface area contributed by atoms with Crippen LogP contribution in [0.25, 0.3) is 11.0 Å². The number of hydrogen-bond donors (Lipinski definition) is 3. The zero-order valence-electron chi connectivity index (χ0n) is 10.7. The van der Waals surface area contributed by atoms with E-state index in [1.807, 2.05) is 0 Å². The van der Waals surface area contributed by atoms with Gasteiger partial charge >= 0.3 is 11.8 Å². The van der Waals surface area contributed by atoms with Crippen LogP contribution in [0.15, 0.2) is 17.1 Å². The molecule has 3 rings (SSSR count). The first-order valence-electron chi connectivity index (χ1n) is 6.40. The predicted molar refractivity (Wildman–Crippen MR) is 72.6 cm³/mol. The number of fused-ring (bicyclic) bond motifs is 1. The van der Waals surface area contributed by atoms with Gasteiger partial charge in [-0.3, -0.25) is 4.57 Å². The molecular formula is C12H15N5O3. The van der Waals surface area contributed by atoms with Gasteiger partial charge in [-0.25, -0.2) is 14.6 Å². The maximum Gasteiger partial charge on any atom is 0.407 e. The molecule has 8 heteroatoms. The second-order valence-corrected chi connectivity index (χ2v) is 4.92. The number of aromatic nitrogens is 3. The summed E-state index contributed by atoms with van der Waals surface area (Å²) in [6, 6.07) is 1.53. The molecule has 1 unspecified atom stereocenters. The molecule has 3 heterocycles. The molecule has 1 aliphatic rings. The number of nitrogens with zero attached hydrogens (tertiary/aromatic N) is 3. The Balaban J connectivity index is 2.06. The van der Waals surface area contributed by atoms with Crippen molar-refractivity contribution in [3.8, 4) is 0 Å². The maximum atomic E-state index is 12.1. The molecule has 1 fully saturated rings. The largest absolute Gasteiger partial charge is 0.465 e. The zero-order valence-corrected chi connectivity index (χ0v) is 10.7. The first kappa shape index (κ1) is 12.5. The number of nitrogen functional groups attached to an aromatic ring is 1. The number of hydrogen-bond acceptors (Lipinski definition) is 4. The summed E-state index contributed by atoms with van der Waals surface area (Å²) in [5.74, 6) is 0.268. The Hall–Kier alpha value is -2.51. The van der Waals surface area contributed by atoms with Gasteiger partial charge in [0, 0.05) is 19.3 Å². The summed E-state index contributed by atoms with van der Waals surface area (Å²) in [6.45, 7) is 0.817. The Bertz CT molecular complexity index is 719. The van der Waals surface area contributed by atoms with Crippen molar-refractivity contribution in [3.63, 3.8) is 0 Å². The third-order valence-corrected chi connectivity index (χ3v) is 3.70. The molecule has 2 aromatic rings. The third kappa shape index (κ3) is 1.89. The fourth-order valence-electron chi connectivity index (χ4n) is 2.77. The number of likely N-dealkylation sites (tertiary alicyclic amines) is 1. The Morgan fingerprint density at radius 2 is 2.35 bits per heavy atom. The van der Waals surface area contributed by atoms with Gasteiger partial charge in [0.1, 0.15) is 11.3 Å². The van der Waals surface area contributed by atoms with E-state index in [1.54, 1.807) is 16.8 Å². The lowest BCUT2D eigenvalue weighted by Gasteiger charge is -2.31. The molecule has 1 aliphatic heterocycles. The molecule has 4 N–H and O–H groups in total. The van der Waals surface area contributed by atoms with Gasteiger partial charge in [0.25, 0.3) is 0 Å². The smallest absolute Gasteiger partial charge is 0.407 e. The highest BCUT2D eigenvalue weighted by Gasteiger charge is 2.27. The number of pyridine rings is 1. The quantitative estimate of drug-likeness (QED) is 0.706. The lowest BCUT2D eigenvalue weighted by molar-refractivity contribution is 0.121. The number of nitrogens with two attached hydrogens (primary N) is 1. The van der Waals surface area contributed by atoms with Crippen molar-refractivity contribution in [3.05, 3.63) is 22.7 Å². The van der Waals surface area contributed by atoms with Gasteiger partial charge in [-0.2, -0.15) is 0 Å². The number of rotatable bonds is 1. The molecule has 1 saturated heterocycles. The first-order chi connectivity index (χ1) is 9.58. The molecule has 106 valence electrons. The number of amides is 1. The van der Waals surface area contributed by atoms with Crippen LogP contribution < -0.4 is 11.4 Å². The van der Waals surface area contributed by atoms with Crippen molar-refractivity contribution in [1.82, 2.24) is 19.4 Å². The van der Waals surface area contributed by atoms with E-state index in [0.717, 1.165) is 12.8 Å². The standard InChI is InChI=1S/C12H15N5O3/c13-10-9-8(3-4-14-10)17(11(18)15-9)7-2-1-5-16(6-7)12(19)20/h3-4,7H,1-2,5-6H2,(H2,13,14)(H,15,18)(H,19,20). The van der Waals surface area contributed by atoms with E-state index < -0.39 is 6.09 Å². The molecule has 0 bridgehead atoms. The van der Waals surface area contributed by atoms with Crippen molar-refractivity contribution in [2.24, 2.45) is 0 Å².